The van der Waals surface area contributed by atoms with Crippen LogP contribution in [0.3, 0.4) is 0 Å². The highest BCUT2D eigenvalue weighted by molar-refractivity contribution is 6.34. The Labute approximate surface area is 113 Å². The molecule has 2 aromatic rings. The lowest BCUT2D eigenvalue weighted by Gasteiger charge is -2.12. The van der Waals surface area contributed by atoms with E-state index in [1.807, 2.05) is 0 Å². The van der Waals surface area contributed by atoms with Crippen LogP contribution < -0.4 is 11.1 Å². The fraction of sp³-hybridized carbons (Fsp3) is 0.182. The minimum atomic E-state index is -0.537. The van der Waals surface area contributed by atoms with E-state index in [2.05, 4.69) is 24.7 Å². The van der Waals surface area contributed by atoms with Gasteiger partial charge in [-0.2, -0.15) is 4.98 Å². The molecule has 0 saturated carbocycles. The van der Waals surface area contributed by atoms with Gasteiger partial charge in [-0.3, -0.25) is 0 Å². The van der Waals surface area contributed by atoms with Crippen LogP contribution in [-0.4, -0.2) is 23.2 Å². The number of anilines is 2. The predicted octanol–water partition coefficient (Wildman–Crippen LogP) is 1.70. The van der Waals surface area contributed by atoms with Crippen LogP contribution >= 0.6 is 11.6 Å². The van der Waals surface area contributed by atoms with Crippen LogP contribution in [0.1, 0.15) is 16.2 Å². The number of hydrogen-bond acceptors (Lipinski definition) is 7. The summed E-state index contributed by atoms with van der Waals surface area (Å²) in [6.45, 7) is 0.254. The zero-order valence-corrected chi connectivity index (χ0v) is 10.8. The number of nitrogen functional groups attached to an aromatic ring is 1. The Bertz CT molecular complexity index is 586. The SMILES string of the molecule is COC(=O)c1cc(N)cc(Cl)c1NCc1ncon1. The zero-order chi connectivity index (χ0) is 13.8. The minimum Gasteiger partial charge on any atom is -0.465 e. The lowest BCUT2D eigenvalue weighted by molar-refractivity contribution is 0.0602. The van der Waals surface area contributed by atoms with Crippen molar-refractivity contribution in [1.29, 1.82) is 0 Å². The molecule has 0 atom stereocenters. The molecule has 0 amide bonds. The summed E-state index contributed by atoms with van der Waals surface area (Å²) < 4.78 is 9.29. The number of methoxy groups -OCH3 is 1. The molecule has 0 fully saturated rings. The smallest absolute Gasteiger partial charge is 0.340 e. The van der Waals surface area contributed by atoms with Gasteiger partial charge in [0.25, 0.3) is 0 Å². The number of carbonyl (C=O) groups is 1. The average Bonchev–Trinajstić information content (AvgIpc) is 2.89. The fourth-order valence-electron chi connectivity index (χ4n) is 1.52. The summed E-state index contributed by atoms with van der Waals surface area (Å²) in [5.41, 5.74) is 6.68. The summed E-state index contributed by atoms with van der Waals surface area (Å²) >= 11 is 6.06. The number of aromatic nitrogens is 2. The first-order valence-corrected chi connectivity index (χ1v) is 5.66. The van der Waals surface area contributed by atoms with Gasteiger partial charge < -0.3 is 20.3 Å². The number of nitrogens with one attached hydrogen (secondary N) is 1. The van der Waals surface area contributed by atoms with Gasteiger partial charge in [0.15, 0.2) is 5.82 Å². The number of carbonyl (C=O) groups excluding carboxylic acids is 1. The van der Waals surface area contributed by atoms with E-state index in [9.17, 15) is 4.79 Å². The molecule has 0 aliphatic heterocycles. The predicted molar refractivity (Wildman–Crippen MR) is 68.8 cm³/mol. The van der Waals surface area contributed by atoms with Crippen molar-refractivity contribution in [1.82, 2.24) is 10.1 Å². The molecular formula is C11H11ClN4O3. The number of halogens is 1. The molecule has 0 unspecified atom stereocenters. The normalized spacial score (nSPS) is 10.2. The maximum Gasteiger partial charge on any atom is 0.340 e. The quantitative estimate of drug-likeness (QED) is 0.650. The van der Waals surface area contributed by atoms with E-state index in [4.69, 9.17) is 17.3 Å². The second kappa shape index (κ2) is 5.57. The molecular weight excluding hydrogens is 272 g/mol. The zero-order valence-electron chi connectivity index (χ0n) is 10.0. The molecule has 0 saturated heterocycles. The Morgan fingerprint density at radius 3 is 3.00 bits per heavy atom. The summed E-state index contributed by atoms with van der Waals surface area (Å²) in [7, 11) is 1.28. The minimum absolute atomic E-state index is 0.246. The van der Waals surface area contributed by atoms with Crippen molar-refractivity contribution in [2.45, 2.75) is 6.54 Å². The van der Waals surface area contributed by atoms with Crippen molar-refractivity contribution in [2.24, 2.45) is 0 Å². The van der Waals surface area contributed by atoms with Crippen LogP contribution in [0.25, 0.3) is 0 Å². The molecule has 1 heterocycles. The van der Waals surface area contributed by atoms with Crippen LogP contribution in [0, 0.1) is 0 Å². The van der Waals surface area contributed by atoms with Gasteiger partial charge in [0, 0.05) is 5.69 Å². The lowest BCUT2D eigenvalue weighted by Crippen LogP contribution is -2.10. The Morgan fingerprint density at radius 2 is 2.37 bits per heavy atom. The molecule has 0 bridgehead atoms. The molecule has 2 rings (SSSR count). The fourth-order valence-corrected chi connectivity index (χ4v) is 1.81. The third-order valence-electron chi connectivity index (χ3n) is 2.35. The van der Waals surface area contributed by atoms with E-state index in [1.165, 1.54) is 25.6 Å². The van der Waals surface area contributed by atoms with E-state index < -0.39 is 5.97 Å². The summed E-state index contributed by atoms with van der Waals surface area (Å²) in [5, 5.41) is 6.90. The molecule has 1 aromatic heterocycles. The van der Waals surface area contributed by atoms with Gasteiger partial charge in [0.1, 0.15) is 0 Å². The van der Waals surface area contributed by atoms with Crippen LogP contribution in [-0.2, 0) is 11.3 Å². The van der Waals surface area contributed by atoms with Crippen LogP contribution in [0.15, 0.2) is 23.0 Å². The third kappa shape index (κ3) is 2.94. The molecule has 100 valence electrons. The molecule has 7 nitrogen and oxygen atoms in total. The van der Waals surface area contributed by atoms with E-state index >= 15 is 0 Å². The number of rotatable bonds is 4. The second-order valence-corrected chi connectivity index (χ2v) is 4.03. The van der Waals surface area contributed by atoms with Gasteiger partial charge in [0.05, 0.1) is 29.9 Å². The Hall–Kier alpha value is -2.28. The van der Waals surface area contributed by atoms with Crippen molar-refractivity contribution in [3.63, 3.8) is 0 Å². The summed E-state index contributed by atoms with van der Waals surface area (Å²) in [4.78, 5) is 15.5. The molecule has 0 aliphatic carbocycles. The summed E-state index contributed by atoms with van der Waals surface area (Å²) in [6, 6.07) is 3.02. The summed E-state index contributed by atoms with van der Waals surface area (Å²) in [5.74, 6) is -0.103. The maximum absolute atomic E-state index is 11.7. The Kier molecular flexibility index (Phi) is 3.86. The summed E-state index contributed by atoms with van der Waals surface area (Å²) in [6.07, 6.45) is 1.21. The standard InChI is InChI=1S/C11H11ClN4O3/c1-18-11(17)7-2-6(13)3-8(12)10(7)14-4-9-15-5-19-16-9/h2-3,5,14H,4,13H2,1H3. The van der Waals surface area contributed by atoms with Crippen LogP contribution in [0.5, 0.6) is 0 Å². The van der Waals surface area contributed by atoms with Crippen LogP contribution in [0.2, 0.25) is 5.02 Å². The number of ether oxygens (including phenoxy) is 1. The first-order chi connectivity index (χ1) is 9.11. The first-order valence-electron chi connectivity index (χ1n) is 5.28. The van der Waals surface area contributed by atoms with Gasteiger partial charge >= 0.3 is 5.97 Å². The molecule has 3 N–H and O–H groups in total. The van der Waals surface area contributed by atoms with Crippen LogP contribution in [0.4, 0.5) is 11.4 Å². The highest BCUT2D eigenvalue weighted by Crippen LogP contribution is 2.30. The maximum atomic E-state index is 11.7. The van der Waals surface area contributed by atoms with Gasteiger partial charge in [0.2, 0.25) is 6.39 Å². The number of hydrogen-bond donors (Lipinski definition) is 2. The van der Waals surface area contributed by atoms with Crippen molar-refractivity contribution in [3.05, 3.63) is 34.9 Å². The average molecular weight is 283 g/mol. The van der Waals surface area contributed by atoms with Crippen molar-refractivity contribution in [2.75, 3.05) is 18.2 Å². The van der Waals surface area contributed by atoms with Gasteiger partial charge in [-0.1, -0.05) is 16.8 Å². The number of nitrogens with two attached hydrogens (primary N) is 1. The van der Waals surface area contributed by atoms with Crippen molar-refractivity contribution < 1.29 is 14.1 Å². The molecule has 1 aromatic carbocycles. The largest absolute Gasteiger partial charge is 0.465 e. The van der Waals surface area contributed by atoms with Crippen molar-refractivity contribution >= 4 is 28.9 Å². The van der Waals surface area contributed by atoms with E-state index in [0.29, 0.717) is 22.2 Å². The second-order valence-electron chi connectivity index (χ2n) is 3.62. The molecule has 8 heteroatoms. The van der Waals surface area contributed by atoms with E-state index in [1.54, 1.807) is 0 Å². The van der Waals surface area contributed by atoms with Gasteiger partial charge in [-0.25, -0.2) is 4.79 Å². The highest BCUT2D eigenvalue weighted by atomic mass is 35.5. The molecule has 0 aliphatic rings. The highest BCUT2D eigenvalue weighted by Gasteiger charge is 2.16. The Morgan fingerprint density at radius 1 is 1.58 bits per heavy atom. The van der Waals surface area contributed by atoms with E-state index in [0.717, 1.165) is 0 Å². The topological polar surface area (TPSA) is 103 Å². The Balaban J connectivity index is 2.29. The van der Waals surface area contributed by atoms with Gasteiger partial charge in [-0.05, 0) is 12.1 Å². The van der Waals surface area contributed by atoms with E-state index in [-0.39, 0.29) is 12.1 Å². The number of nitrogens with zero attached hydrogens (tertiary/aromatic N) is 2. The number of esters is 1. The lowest BCUT2D eigenvalue weighted by atomic mass is 10.1. The monoisotopic (exact) mass is 282 g/mol. The molecule has 0 spiro atoms. The number of benzene rings is 1. The first kappa shape index (κ1) is 13.2. The molecule has 19 heavy (non-hydrogen) atoms. The van der Waals surface area contributed by atoms with Gasteiger partial charge in [-0.15, -0.1) is 0 Å². The van der Waals surface area contributed by atoms with Crippen molar-refractivity contribution in [3.8, 4) is 0 Å². The molecule has 0 radical (unpaired) electrons. The third-order valence-corrected chi connectivity index (χ3v) is 2.65.